The van der Waals surface area contributed by atoms with Crippen LogP contribution in [0.1, 0.15) is 49.3 Å². The van der Waals surface area contributed by atoms with Crippen molar-refractivity contribution in [2.75, 3.05) is 20.3 Å². The van der Waals surface area contributed by atoms with Crippen LogP contribution in [0.15, 0.2) is 24.3 Å². The van der Waals surface area contributed by atoms with Crippen molar-refractivity contribution in [2.24, 2.45) is 0 Å². The van der Waals surface area contributed by atoms with E-state index >= 15 is 0 Å². The molecule has 17 heavy (non-hydrogen) atoms. The van der Waals surface area contributed by atoms with Crippen molar-refractivity contribution < 1.29 is 4.74 Å². The van der Waals surface area contributed by atoms with E-state index in [4.69, 9.17) is 4.74 Å². The predicted molar refractivity (Wildman–Crippen MR) is 71.3 cm³/mol. The zero-order chi connectivity index (χ0) is 12.1. The molecule has 2 rings (SSSR count). The highest BCUT2D eigenvalue weighted by Gasteiger charge is 2.20. The molecule has 0 saturated heterocycles. The third kappa shape index (κ3) is 3.08. The molecule has 1 fully saturated rings. The maximum absolute atomic E-state index is 5.52. The monoisotopic (exact) mass is 233 g/mol. The lowest BCUT2D eigenvalue weighted by molar-refractivity contribution is 0.125. The second-order valence-corrected chi connectivity index (χ2v) is 4.80. The average Bonchev–Trinajstić information content (AvgIpc) is 2.28. The molecule has 1 aliphatic carbocycles. The molecule has 0 aliphatic heterocycles. The van der Waals surface area contributed by atoms with Gasteiger partial charge in [-0.1, -0.05) is 30.7 Å². The maximum atomic E-state index is 5.52. The summed E-state index contributed by atoms with van der Waals surface area (Å²) < 4.78 is 5.52. The van der Waals surface area contributed by atoms with Gasteiger partial charge in [0, 0.05) is 6.61 Å². The van der Waals surface area contributed by atoms with Gasteiger partial charge in [0.25, 0.3) is 0 Å². The topological polar surface area (TPSA) is 21.3 Å². The molecule has 1 N–H and O–H groups in total. The average molecular weight is 233 g/mol. The second-order valence-electron chi connectivity index (χ2n) is 4.80. The van der Waals surface area contributed by atoms with Gasteiger partial charge in [-0.25, -0.2) is 0 Å². The van der Waals surface area contributed by atoms with Gasteiger partial charge in [-0.2, -0.15) is 0 Å². The van der Waals surface area contributed by atoms with Crippen molar-refractivity contribution in [3.63, 3.8) is 0 Å². The molecule has 0 aromatic heterocycles. The van der Waals surface area contributed by atoms with E-state index in [9.17, 15) is 0 Å². The quantitative estimate of drug-likeness (QED) is 0.814. The first kappa shape index (κ1) is 12.6. The van der Waals surface area contributed by atoms with Gasteiger partial charge in [0.2, 0.25) is 0 Å². The first-order valence-corrected chi connectivity index (χ1v) is 6.70. The van der Waals surface area contributed by atoms with E-state index in [1.807, 2.05) is 14.0 Å². The second kappa shape index (κ2) is 6.18. The fourth-order valence-electron chi connectivity index (χ4n) is 2.35. The summed E-state index contributed by atoms with van der Waals surface area (Å²) in [5.41, 5.74) is 2.86. The molecule has 1 unspecified atom stereocenters. The summed E-state index contributed by atoms with van der Waals surface area (Å²) in [6.45, 7) is 3.57. The zero-order valence-corrected chi connectivity index (χ0v) is 10.9. The number of benzene rings is 1. The molecule has 1 atom stereocenters. The van der Waals surface area contributed by atoms with Crippen molar-refractivity contribution in [1.29, 1.82) is 0 Å². The lowest BCUT2D eigenvalue weighted by Crippen LogP contribution is -2.22. The van der Waals surface area contributed by atoms with E-state index in [2.05, 4.69) is 29.6 Å². The van der Waals surface area contributed by atoms with Crippen LogP contribution in [0.2, 0.25) is 0 Å². The number of likely N-dealkylation sites (N-methyl/N-ethyl adjacent to an activating group) is 1. The summed E-state index contributed by atoms with van der Waals surface area (Å²) in [6, 6.07) is 9.31. The Morgan fingerprint density at radius 2 is 2.24 bits per heavy atom. The first-order valence-electron chi connectivity index (χ1n) is 6.70. The predicted octanol–water partition coefficient (Wildman–Crippen LogP) is 3.25. The molecule has 2 heteroatoms. The third-order valence-electron chi connectivity index (χ3n) is 3.73. The summed E-state index contributed by atoms with van der Waals surface area (Å²) in [5, 5.41) is 3.33. The SMILES string of the molecule is CCOCC(NC)c1cccc(C2CCC2)c1. The summed E-state index contributed by atoms with van der Waals surface area (Å²) in [7, 11) is 2.00. The summed E-state index contributed by atoms with van der Waals surface area (Å²) in [6.07, 6.45) is 4.11. The Morgan fingerprint density at radius 3 is 2.82 bits per heavy atom. The summed E-state index contributed by atoms with van der Waals surface area (Å²) in [4.78, 5) is 0. The van der Waals surface area contributed by atoms with Crippen molar-refractivity contribution in [2.45, 2.75) is 38.1 Å². The van der Waals surface area contributed by atoms with Crippen molar-refractivity contribution in [3.05, 3.63) is 35.4 Å². The Balaban J connectivity index is 2.07. The van der Waals surface area contributed by atoms with E-state index in [1.165, 1.54) is 30.4 Å². The van der Waals surface area contributed by atoms with E-state index in [0.717, 1.165) is 19.1 Å². The van der Waals surface area contributed by atoms with Crippen LogP contribution in [0.25, 0.3) is 0 Å². The molecule has 2 nitrogen and oxygen atoms in total. The first-order chi connectivity index (χ1) is 8.35. The number of rotatable bonds is 6. The van der Waals surface area contributed by atoms with Gasteiger partial charge in [0.15, 0.2) is 0 Å². The zero-order valence-electron chi connectivity index (χ0n) is 10.9. The Kier molecular flexibility index (Phi) is 4.57. The Bertz CT molecular complexity index is 347. The normalized spacial score (nSPS) is 17.8. The molecule has 0 amide bonds. The molecular weight excluding hydrogens is 210 g/mol. The molecule has 1 aliphatic rings. The van der Waals surface area contributed by atoms with Gasteiger partial charge in [-0.05, 0) is 43.9 Å². The van der Waals surface area contributed by atoms with Crippen LogP contribution in [0.5, 0.6) is 0 Å². The Labute approximate surface area is 104 Å². The smallest absolute Gasteiger partial charge is 0.0661 e. The van der Waals surface area contributed by atoms with Gasteiger partial charge in [0.05, 0.1) is 12.6 Å². The standard InChI is InChI=1S/C15H23NO/c1-3-17-11-15(16-2)14-9-5-8-13(10-14)12-6-4-7-12/h5,8-10,12,15-16H,3-4,6-7,11H2,1-2H3. The van der Waals surface area contributed by atoms with E-state index in [1.54, 1.807) is 0 Å². The molecule has 0 radical (unpaired) electrons. The molecule has 0 bridgehead atoms. The van der Waals surface area contributed by atoms with E-state index in [0.29, 0.717) is 6.04 Å². The highest BCUT2D eigenvalue weighted by molar-refractivity contribution is 5.29. The van der Waals surface area contributed by atoms with Gasteiger partial charge >= 0.3 is 0 Å². The minimum absolute atomic E-state index is 0.315. The number of nitrogens with one attached hydrogen (secondary N) is 1. The van der Waals surface area contributed by atoms with Crippen LogP contribution in [-0.2, 0) is 4.74 Å². The highest BCUT2D eigenvalue weighted by Crippen LogP contribution is 2.36. The molecule has 0 spiro atoms. The Hall–Kier alpha value is -0.860. The van der Waals surface area contributed by atoms with Crippen LogP contribution < -0.4 is 5.32 Å². The van der Waals surface area contributed by atoms with Crippen LogP contribution in [0.4, 0.5) is 0 Å². The molecule has 0 heterocycles. The highest BCUT2D eigenvalue weighted by atomic mass is 16.5. The van der Waals surface area contributed by atoms with E-state index in [-0.39, 0.29) is 0 Å². The molecule has 1 aromatic rings. The minimum atomic E-state index is 0.315. The fourth-order valence-corrected chi connectivity index (χ4v) is 2.35. The molecule has 94 valence electrons. The minimum Gasteiger partial charge on any atom is -0.380 e. The molecular formula is C15H23NO. The molecule has 1 saturated carbocycles. The van der Waals surface area contributed by atoms with Crippen molar-refractivity contribution in [1.82, 2.24) is 5.32 Å². The maximum Gasteiger partial charge on any atom is 0.0661 e. The lowest BCUT2D eigenvalue weighted by Gasteiger charge is -2.27. The van der Waals surface area contributed by atoms with Gasteiger partial charge in [0.1, 0.15) is 0 Å². The van der Waals surface area contributed by atoms with Crippen LogP contribution in [0.3, 0.4) is 0 Å². The summed E-state index contributed by atoms with van der Waals surface area (Å²) >= 11 is 0. The van der Waals surface area contributed by atoms with Gasteiger partial charge in [-0.3, -0.25) is 0 Å². The third-order valence-corrected chi connectivity index (χ3v) is 3.73. The van der Waals surface area contributed by atoms with Crippen LogP contribution in [0, 0.1) is 0 Å². The molecule has 1 aromatic carbocycles. The van der Waals surface area contributed by atoms with E-state index < -0.39 is 0 Å². The fraction of sp³-hybridized carbons (Fsp3) is 0.600. The number of hydrogen-bond donors (Lipinski definition) is 1. The van der Waals surface area contributed by atoms with Gasteiger partial charge < -0.3 is 10.1 Å². The van der Waals surface area contributed by atoms with Crippen LogP contribution >= 0.6 is 0 Å². The number of hydrogen-bond acceptors (Lipinski definition) is 2. The Morgan fingerprint density at radius 1 is 1.41 bits per heavy atom. The summed E-state index contributed by atoms with van der Waals surface area (Å²) in [5.74, 6) is 0.805. The number of ether oxygens (including phenoxy) is 1. The lowest BCUT2D eigenvalue weighted by atomic mass is 9.79. The van der Waals surface area contributed by atoms with Crippen LogP contribution in [-0.4, -0.2) is 20.3 Å². The van der Waals surface area contributed by atoms with Gasteiger partial charge in [-0.15, -0.1) is 0 Å². The largest absolute Gasteiger partial charge is 0.380 e. The van der Waals surface area contributed by atoms with Crippen molar-refractivity contribution >= 4 is 0 Å². The van der Waals surface area contributed by atoms with Crippen molar-refractivity contribution in [3.8, 4) is 0 Å².